The van der Waals surface area contributed by atoms with Crippen LogP contribution in [0, 0.1) is 0 Å². The summed E-state index contributed by atoms with van der Waals surface area (Å²) in [5, 5.41) is 14.3. The van der Waals surface area contributed by atoms with Gasteiger partial charge >= 0.3 is 6.09 Å². The highest BCUT2D eigenvalue weighted by Gasteiger charge is 2.50. The average Bonchev–Trinajstić information content (AvgIpc) is 2.86. The summed E-state index contributed by atoms with van der Waals surface area (Å²) in [7, 11) is -2.66. The van der Waals surface area contributed by atoms with Gasteiger partial charge in [0.05, 0.1) is 6.61 Å². The molecule has 0 bridgehead atoms. The molecule has 0 radical (unpaired) electrons. The molecular formula is C30H36N2O3Si. The summed E-state index contributed by atoms with van der Waals surface area (Å²) >= 11 is 0. The molecule has 1 unspecified atom stereocenters. The molecule has 5 nitrogen and oxygen atoms in total. The van der Waals surface area contributed by atoms with E-state index in [1.165, 1.54) is 15.9 Å². The van der Waals surface area contributed by atoms with Crippen LogP contribution in [-0.2, 0) is 11.0 Å². The second-order valence-corrected chi connectivity index (χ2v) is 14.7. The van der Waals surface area contributed by atoms with E-state index in [9.17, 15) is 9.90 Å². The van der Waals surface area contributed by atoms with Crippen LogP contribution >= 0.6 is 0 Å². The molecule has 4 rings (SSSR count). The predicted molar refractivity (Wildman–Crippen MR) is 148 cm³/mol. The van der Waals surface area contributed by atoms with Crippen molar-refractivity contribution in [2.45, 2.75) is 44.8 Å². The first-order valence-corrected chi connectivity index (χ1v) is 14.4. The van der Waals surface area contributed by atoms with Crippen LogP contribution in [0.4, 0.5) is 4.79 Å². The van der Waals surface area contributed by atoms with E-state index in [-0.39, 0.29) is 11.1 Å². The molecule has 1 aliphatic heterocycles. The summed E-state index contributed by atoms with van der Waals surface area (Å²) < 4.78 is 7.22. The van der Waals surface area contributed by atoms with Gasteiger partial charge in [-0.1, -0.05) is 118 Å². The molecule has 1 amide bonds. The number of carboxylic acid groups (broad SMARTS) is 1. The maximum absolute atomic E-state index is 11.3. The monoisotopic (exact) mass is 500 g/mol. The lowest BCUT2D eigenvalue weighted by Gasteiger charge is -2.45. The molecule has 0 aliphatic carbocycles. The van der Waals surface area contributed by atoms with Crippen molar-refractivity contribution in [1.29, 1.82) is 0 Å². The number of carbonyl (C=O) groups is 1. The molecule has 0 spiro atoms. The Morgan fingerprint density at radius 2 is 1.47 bits per heavy atom. The zero-order valence-corrected chi connectivity index (χ0v) is 22.4. The van der Waals surface area contributed by atoms with Gasteiger partial charge in [0, 0.05) is 24.8 Å². The maximum atomic E-state index is 11.3. The van der Waals surface area contributed by atoms with Gasteiger partial charge < -0.3 is 9.53 Å². The molecular weight excluding hydrogens is 464 g/mol. The lowest BCUT2D eigenvalue weighted by Crippen LogP contribution is -2.67. The van der Waals surface area contributed by atoms with Crippen LogP contribution in [0.5, 0.6) is 0 Å². The lowest BCUT2D eigenvalue weighted by atomic mass is 10.1. The average molecular weight is 501 g/mol. The van der Waals surface area contributed by atoms with E-state index < -0.39 is 14.4 Å². The summed E-state index contributed by atoms with van der Waals surface area (Å²) in [5.41, 5.74) is 1.92. The minimum Gasteiger partial charge on any atom is -0.465 e. The van der Waals surface area contributed by atoms with Crippen LogP contribution < -0.4 is 15.7 Å². The summed E-state index contributed by atoms with van der Waals surface area (Å²) in [5.74, 6) is 0. The third-order valence-electron chi connectivity index (χ3n) is 6.93. The van der Waals surface area contributed by atoms with Crippen molar-refractivity contribution in [2.75, 3.05) is 13.2 Å². The third-order valence-corrected chi connectivity index (χ3v) is 11.9. The first-order valence-electron chi connectivity index (χ1n) is 12.5. The molecule has 2 N–H and O–H groups in total. The Bertz CT molecular complexity index is 1120. The Kier molecular flexibility index (Phi) is 8.09. The van der Waals surface area contributed by atoms with Crippen LogP contribution in [0.3, 0.4) is 0 Å². The minimum absolute atomic E-state index is 0.0967. The molecule has 1 atom stereocenters. The number of amides is 1. The van der Waals surface area contributed by atoms with Gasteiger partial charge in [0.15, 0.2) is 0 Å². The Hall–Kier alpha value is -3.19. The summed E-state index contributed by atoms with van der Waals surface area (Å²) in [4.78, 5) is 13.6. The minimum atomic E-state index is -2.66. The fourth-order valence-corrected chi connectivity index (χ4v) is 9.82. The van der Waals surface area contributed by atoms with Crippen molar-refractivity contribution in [3.63, 3.8) is 0 Å². The van der Waals surface area contributed by atoms with Gasteiger partial charge in [-0.25, -0.2) is 4.79 Å². The summed E-state index contributed by atoms with van der Waals surface area (Å²) in [6.45, 7) is 8.70. The van der Waals surface area contributed by atoms with Gasteiger partial charge in [-0.15, -0.1) is 0 Å². The van der Waals surface area contributed by atoms with Gasteiger partial charge in [-0.2, -0.15) is 0 Å². The van der Waals surface area contributed by atoms with Gasteiger partial charge in [0.2, 0.25) is 0 Å². The van der Waals surface area contributed by atoms with Crippen LogP contribution in [0.15, 0.2) is 103 Å². The van der Waals surface area contributed by atoms with Crippen molar-refractivity contribution in [1.82, 2.24) is 10.2 Å². The lowest BCUT2D eigenvalue weighted by molar-refractivity contribution is 0.123. The van der Waals surface area contributed by atoms with Gasteiger partial charge in [0.1, 0.15) is 0 Å². The Balaban J connectivity index is 1.68. The highest BCUT2D eigenvalue weighted by Crippen LogP contribution is 2.37. The van der Waals surface area contributed by atoms with Crippen molar-refractivity contribution in [2.24, 2.45) is 0 Å². The fraction of sp³-hybridized carbons (Fsp3) is 0.300. The van der Waals surface area contributed by atoms with Crippen LogP contribution in [0.1, 0.15) is 32.8 Å². The van der Waals surface area contributed by atoms with E-state index in [1.54, 1.807) is 0 Å². The highest BCUT2D eigenvalue weighted by atomic mass is 28.4. The van der Waals surface area contributed by atoms with E-state index in [2.05, 4.69) is 104 Å². The van der Waals surface area contributed by atoms with Gasteiger partial charge in [-0.05, 0) is 27.4 Å². The van der Waals surface area contributed by atoms with Crippen molar-refractivity contribution < 1.29 is 14.3 Å². The van der Waals surface area contributed by atoms with Gasteiger partial charge in [0.25, 0.3) is 8.32 Å². The highest BCUT2D eigenvalue weighted by molar-refractivity contribution is 6.99. The van der Waals surface area contributed by atoms with Crippen LogP contribution in [0.2, 0.25) is 5.04 Å². The molecule has 0 aromatic heterocycles. The summed E-state index contributed by atoms with van der Waals surface area (Å²) in [6.07, 6.45) is 1.71. The molecule has 0 saturated heterocycles. The normalized spacial score (nSPS) is 16.9. The number of hydrogen-bond acceptors (Lipinski definition) is 3. The standard InChI is InChI=1S/C30H36N2O3Si/c1-30(2,3)36(27-15-9-5-10-16-27,28-17-11-6-12-18-28)35-23-26-20-19-25(31-29(33)34)22-32(26)21-24-13-7-4-8-14-24/h4-19,26,31H,20-23H2,1-3H3,(H,33,34). The number of nitrogens with zero attached hydrogens (tertiary/aromatic N) is 1. The van der Waals surface area contributed by atoms with Crippen molar-refractivity contribution in [3.05, 3.63) is 108 Å². The first kappa shape index (κ1) is 25.9. The second-order valence-electron chi connectivity index (χ2n) is 10.4. The quantitative estimate of drug-likeness (QED) is 0.428. The molecule has 188 valence electrons. The van der Waals surface area contributed by atoms with E-state index in [4.69, 9.17) is 4.43 Å². The molecule has 1 heterocycles. The smallest absolute Gasteiger partial charge is 0.408 e. The molecule has 6 heteroatoms. The molecule has 0 saturated carbocycles. The molecule has 1 aliphatic rings. The van der Waals surface area contributed by atoms with Crippen molar-refractivity contribution >= 4 is 24.8 Å². The van der Waals surface area contributed by atoms with Crippen molar-refractivity contribution in [3.8, 4) is 0 Å². The van der Waals surface area contributed by atoms with Gasteiger partial charge in [-0.3, -0.25) is 10.2 Å². The third kappa shape index (κ3) is 5.78. The second kappa shape index (κ2) is 11.2. The zero-order valence-electron chi connectivity index (χ0n) is 21.4. The number of hydrogen-bond donors (Lipinski definition) is 2. The number of benzene rings is 3. The first-order chi connectivity index (χ1) is 17.3. The van der Waals surface area contributed by atoms with E-state index in [0.29, 0.717) is 13.2 Å². The Morgan fingerprint density at radius 1 is 0.944 bits per heavy atom. The van der Waals surface area contributed by atoms with Crippen LogP contribution in [0.25, 0.3) is 0 Å². The summed E-state index contributed by atoms with van der Waals surface area (Å²) in [6, 6.07) is 31.8. The number of nitrogens with one attached hydrogen (secondary N) is 1. The van der Waals surface area contributed by atoms with Crippen LogP contribution in [-0.4, -0.2) is 43.6 Å². The Morgan fingerprint density at radius 3 is 1.97 bits per heavy atom. The molecule has 3 aromatic rings. The Labute approximate surface area is 215 Å². The fourth-order valence-electron chi connectivity index (χ4n) is 5.23. The van der Waals surface area contributed by atoms with E-state index in [0.717, 1.165) is 18.7 Å². The molecule has 3 aromatic carbocycles. The maximum Gasteiger partial charge on any atom is 0.408 e. The van der Waals surface area contributed by atoms with E-state index in [1.807, 2.05) is 24.3 Å². The predicted octanol–water partition coefficient (Wildman–Crippen LogP) is 4.99. The topological polar surface area (TPSA) is 61.8 Å². The zero-order chi connectivity index (χ0) is 25.6. The number of rotatable bonds is 8. The SMILES string of the molecule is CC(C)(C)[Si](OCC1CC=C(NC(=O)O)CN1Cc1ccccc1)(c1ccccc1)c1ccccc1. The van der Waals surface area contributed by atoms with E-state index >= 15 is 0 Å². The molecule has 36 heavy (non-hydrogen) atoms. The molecule has 0 fully saturated rings. The largest absolute Gasteiger partial charge is 0.465 e.